The summed E-state index contributed by atoms with van der Waals surface area (Å²) in [6.07, 6.45) is 0.00511. The molecule has 3 nitrogen and oxygen atoms in total. The lowest BCUT2D eigenvalue weighted by molar-refractivity contribution is 0.120. The van der Waals surface area contributed by atoms with Crippen LogP contribution in [0.5, 0.6) is 0 Å². The fourth-order valence-corrected chi connectivity index (χ4v) is 1.78. The molecule has 0 aliphatic carbocycles. The molecule has 0 spiro atoms. The van der Waals surface area contributed by atoms with Crippen LogP contribution in [0.15, 0.2) is 46.9 Å². The molecule has 1 aromatic carbocycles. The van der Waals surface area contributed by atoms with E-state index in [2.05, 4.69) is 0 Å². The van der Waals surface area contributed by atoms with Crippen molar-refractivity contribution in [2.45, 2.75) is 25.5 Å². The predicted octanol–water partition coefficient (Wildman–Crippen LogP) is 2.58. The number of hydrogen-bond acceptors (Lipinski definition) is 3. The molecule has 2 rings (SSSR count). The molecule has 0 aliphatic rings. The molecular weight excluding hydrogens is 214 g/mol. The van der Waals surface area contributed by atoms with Gasteiger partial charge in [0.15, 0.2) is 0 Å². The van der Waals surface area contributed by atoms with Crippen LogP contribution in [-0.4, -0.2) is 5.11 Å². The van der Waals surface area contributed by atoms with E-state index in [1.165, 1.54) is 0 Å². The number of hydrogen-bond donors (Lipinski definition) is 2. The van der Waals surface area contributed by atoms with Crippen molar-refractivity contribution < 1.29 is 9.52 Å². The molecule has 3 N–H and O–H groups in total. The van der Waals surface area contributed by atoms with E-state index in [4.69, 9.17) is 10.2 Å². The molecule has 0 saturated heterocycles. The molecule has 0 bridgehead atoms. The number of benzene rings is 1. The van der Waals surface area contributed by atoms with Gasteiger partial charge in [0.1, 0.15) is 17.6 Å². The molecule has 90 valence electrons. The summed E-state index contributed by atoms with van der Waals surface area (Å²) >= 11 is 0. The summed E-state index contributed by atoms with van der Waals surface area (Å²) in [5.41, 5.74) is 6.91. The Morgan fingerprint density at radius 3 is 2.47 bits per heavy atom. The second-order valence-corrected chi connectivity index (χ2v) is 4.04. The molecular formula is C14H17NO2. The van der Waals surface area contributed by atoms with E-state index in [9.17, 15) is 5.11 Å². The Morgan fingerprint density at radius 2 is 1.88 bits per heavy atom. The van der Waals surface area contributed by atoms with Gasteiger partial charge in [-0.1, -0.05) is 37.3 Å². The van der Waals surface area contributed by atoms with Gasteiger partial charge in [-0.2, -0.15) is 0 Å². The van der Waals surface area contributed by atoms with Crippen LogP contribution in [0.1, 0.15) is 36.2 Å². The van der Waals surface area contributed by atoms with Crippen LogP contribution in [0, 0.1) is 0 Å². The van der Waals surface area contributed by atoms with Crippen LogP contribution in [0.2, 0.25) is 0 Å². The van der Waals surface area contributed by atoms with Gasteiger partial charge in [0.2, 0.25) is 0 Å². The van der Waals surface area contributed by atoms with E-state index < -0.39 is 12.1 Å². The van der Waals surface area contributed by atoms with Gasteiger partial charge in [0.05, 0.1) is 6.04 Å². The van der Waals surface area contributed by atoms with Crippen molar-refractivity contribution in [3.05, 3.63) is 59.5 Å². The Kier molecular flexibility index (Phi) is 3.61. The molecule has 3 heteroatoms. The first-order valence-electron chi connectivity index (χ1n) is 5.79. The zero-order chi connectivity index (χ0) is 12.3. The fourth-order valence-electron chi connectivity index (χ4n) is 1.78. The lowest BCUT2D eigenvalue weighted by Crippen LogP contribution is -2.19. The SMILES string of the molecule is CCc1ccc(C(O)C(N)c2ccccc2)o1. The number of aliphatic hydroxyl groups excluding tert-OH is 1. The molecule has 2 aromatic rings. The molecule has 1 heterocycles. The van der Waals surface area contributed by atoms with Crippen LogP contribution in [0.3, 0.4) is 0 Å². The van der Waals surface area contributed by atoms with E-state index in [0.29, 0.717) is 5.76 Å². The smallest absolute Gasteiger partial charge is 0.134 e. The maximum absolute atomic E-state index is 10.1. The Hall–Kier alpha value is -1.58. The standard InChI is InChI=1S/C14H17NO2/c1-2-11-8-9-12(17-11)14(16)13(15)10-6-4-3-5-7-10/h3-9,13-14,16H,2,15H2,1H3. The summed E-state index contributed by atoms with van der Waals surface area (Å²) in [5.74, 6) is 1.39. The van der Waals surface area contributed by atoms with Gasteiger partial charge >= 0.3 is 0 Å². The van der Waals surface area contributed by atoms with Crippen molar-refractivity contribution in [2.75, 3.05) is 0 Å². The molecule has 0 radical (unpaired) electrons. The molecule has 0 saturated carbocycles. The predicted molar refractivity (Wildman–Crippen MR) is 66.4 cm³/mol. The Balaban J connectivity index is 2.17. The third-order valence-corrected chi connectivity index (χ3v) is 2.85. The molecule has 2 atom stereocenters. The monoisotopic (exact) mass is 231 g/mol. The number of nitrogens with two attached hydrogens (primary N) is 1. The highest BCUT2D eigenvalue weighted by atomic mass is 16.4. The lowest BCUT2D eigenvalue weighted by Gasteiger charge is -2.17. The first-order chi connectivity index (χ1) is 8.22. The number of rotatable bonds is 4. The molecule has 0 fully saturated rings. The second kappa shape index (κ2) is 5.17. The highest BCUT2D eigenvalue weighted by molar-refractivity contribution is 5.22. The van der Waals surface area contributed by atoms with Gasteiger partial charge in [0, 0.05) is 6.42 Å². The largest absolute Gasteiger partial charge is 0.463 e. The maximum atomic E-state index is 10.1. The van der Waals surface area contributed by atoms with E-state index in [1.54, 1.807) is 6.07 Å². The molecule has 17 heavy (non-hydrogen) atoms. The summed E-state index contributed by atoms with van der Waals surface area (Å²) in [5, 5.41) is 10.1. The molecule has 0 aliphatic heterocycles. The first-order valence-corrected chi connectivity index (χ1v) is 5.79. The van der Waals surface area contributed by atoms with Crippen molar-refractivity contribution in [3.63, 3.8) is 0 Å². The fraction of sp³-hybridized carbons (Fsp3) is 0.286. The van der Waals surface area contributed by atoms with Gasteiger partial charge < -0.3 is 15.3 Å². The second-order valence-electron chi connectivity index (χ2n) is 4.04. The van der Waals surface area contributed by atoms with Crippen LogP contribution in [0.25, 0.3) is 0 Å². The van der Waals surface area contributed by atoms with Crippen molar-refractivity contribution in [1.82, 2.24) is 0 Å². The topological polar surface area (TPSA) is 59.4 Å². The molecule has 0 amide bonds. The van der Waals surface area contributed by atoms with Crippen molar-refractivity contribution in [2.24, 2.45) is 5.73 Å². The zero-order valence-corrected chi connectivity index (χ0v) is 9.84. The van der Waals surface area contributed by atoms with Crippen molar-refractivity contribution >= 4 is 0 Å². The summed E-state index contributed by atoms with van der Waals surface area (Å²) in [4.78, 5) is 0. The van der Waals surface area contributed by atoms with Crippen LogP contribution >= 0.6 is 0 Å². The van der Waals surface area contributed by atoms with Crippen LogP contribution < -0.4 is 5.73 Å². The van der Waals surface area contributed by atoms with Gasteiger partial charge in [-0.15, -0.1) is 0 Å². The van der Waals surface area contributed by atoms with E-state index in [0.717, 1.165) is 17.7 Å². The minimum atomic E-state index is -0.808. The van der Waals surface area contributed by atoms with Gasteiger partial charge in [-0.3, -0.25) is 0 Å². The quantitative estimate of drug-likeness (QED) is 0.850. The minimum Gasteiger partial charge on any atom is -0.463 e. The molecule has 1 aromatic heterocycles. The minimum absolute atomic E-state index is 0.466. The highest BCUT2D eigenvalue weighted by Crippen LogP contribution is 2.27. The van der Waals surface area contributed by atoms with Crippen LogP contribution in [0.4, 0.5) is 0 Å². The number of aryl methyl sites for hydroxylation is 1. The summed E-state index contributed by atoms with van der Waals surface area (Å²) in [7, 11) is 0. The van der Waals surface area contributed by atoms with Gasteiger partial charge in [-0.05, 0) is 17.7 Å². The highest BCUT2D eigenvalue weighted by Gasteiger charge is 2.21. The average molecular weight is 231 g/mol. The van der Waals surface area contributed by atoms with Gasteiger partial charge in [0.25, 0.3) is 0 Å². The van der Waals surface area contributed by atoms with E-state index >= 15 is 0 Å². The van der Waals surface area contributed by atoms with Crippen molar-refractivity contribution in [1.29, 1.82) is 0 Å². The lowest BCUT2D eigenvalue weighted by atomic mass is 10.0. The Morgan fingerprint density at radius 1 is 1.18 bits per heavy atom. The first kappa shape index (κ1) is 11.9. The third kappa shape index (κ3) is 2.57. The normalized spacial score (nSPS) is 14.5. The van der Waals surface area contributed by atoms with Gasteiger partial charge in [-0.25, -0.2) is 0 Å². The summed E-state index contributed by atoms with van der Waals surface area (Å²) in [6, 6.07) is 12.7. The number of aliphatic hydroxyl groups is 1. The summed E-state index contributed by atoms with van der Waals surface area (Å²) < 4.78 is 5.51. The third-order valence-electron chi connectivity index (χ3n) is 2.85. The Labute approximate surface area is 101 Å². The number of furan rings is 1. The zero-order valence-electron chi connectivity index (χ0n) is 9.84. The Bertz CT molecular complexity index is 464. The molecule has 2 unspecified atom stereocenters. The average Bonchev–Trinajstić information content (AvgIpc) is 2.87. The van der Waals surface area contributed by atoms with E-state index in [1.807, 2.05) is 43.3 Å². The summed E-state index contributed by atoms with van der Waals surface area (Å²) in [6.45, 7) is 2.01. The van der Waals surface area contributed by atoms with Crippen LogP contribution in [-0.2, 0) is 6.42 Å². The van der Waals surface area contributed by atoms with Crippen molar-refractivity contribution in [3.8, 4) is 0 Å². The maximum Gasteiger partial charge on any atom is 0.134 e. The van der Waals surface area contributed by atoms with E-state index in [-0.39, 0.29) is 0 Å².